The van der Waals surface area contributed by atoms with E-state index in [1.807, 2.05) is 4.90 Å². The number of nitrogens with zero attached hydrogens (tertiary/aromatic N) is 1. The van der Waals surface area contributed by atoms with Gasteiger partial charge in [-0.05, 0) is 34.7 Å². The van der Waals surface area contributed by atoms with Crippen molar-refractivity contribution in [3.05, 3.63) is 69.2 Å². The van der Waals surface area contributed by atoms with E-state index in [9.17, 15) is 4.79 Å². The van der Waals surface area contributed by atoms with E-state index in [0.29, 0.717) is 15.6 Å². The first kappa shape index (κ1) is 18.6. The summed E-state index contributed by atoms with van der Waals surface area (Å²) < 4.78 is 0. The number of carbonyl (C=O) groups excluding carboxylic acids is 1. The highest BCUT2D eigenvalue weighted by Crippen LogP contribution is 2.39. The molecule has 1 fully saturated rings. The molecule has 3 rings (SSSR count). The summed E-state index contributed by atoms with van der Waals surface area (Å²) in [4.78, 5) is 14.8. The van der Waals surface area contributed by atoms with Gasteiger partial charge in [0.25, 0.3) is 5.91 Å². The van der Waals surface area contributed by atoms with E-state index in [4.69, 9.17) is 23.2 Å². The summed E-state index contributed by atoms with van der Waals surface area (Å²) in [5, 5.41) is 0.907. The third-order valence-corrected chi connectivity index (χ3v) is 6.38. The lowest BCUT2D eigenvalue weighted by Crippen LogP contribution is -2.30. The van der Waals surface area contributed by atoms with Gasteiger partial charge in [0.1, 0.15) is 5.37 Å². The Labute approximate surface area is 163 Å². The standard InChI is InChI=1S/C20H21Cl2NOS/c1-20(2,3)15-7-4-13(5-8-15)19-23(10-11-25-19)18(24)14-6-9-16(21)17(22)12-14/h4-9,12,19H,10-11H2,1-3H3. The Morgan fingerprint density at radius 1 is 1.08 bits per heavy atom. The van der Waals surface area contributed by atoms with Crippen molar-refractivity contribution in [2.75, 3.05) is 12.3 Å². The van der Waals surface area contributed by atoms with Crippen molar-refractivity contribution >= 4 is 40.9 Å². The largest absolute Gasteiger partial charge is 0.322 e. The smallest absolute Gasteiger partial charge is 0.255 e. The Balaban J connectivity index is 1.84. The van der Waals surface area contributed by atoms with Crippen molar-refractivity contribution < 1.29 is 4.79 Å². The van der Waals surface area contributed by atoms with E-state index in [0.717, 1.165) is 17.9 Å². The highest BCUT2D eigenvalue weighted by Gasteiger charge is 2.31. The van der Waals surface area contributed by atoms with Crippen molar-refractivity contribution in [2.24, 2.45) is 0 Å². The molecule has 0 aliphatic carbocycles. The Hall–Kier alpha value is -1.16. The predicted octanol–water partition coefficient (Wildman–Crippen LogP) is 6.18. The maximum absolute atomic E-state index is 12.9. The first-order valence-electron chi connectivity index (χ1n) is 8.25. The van der Waals surface area contributed by atoms with E-state index in [2.05, 4.69) is 45.0 Å². The Bertz CT molecular complexity index is 783. The van der Waals surface area contributed by atoms with Gasteiger partial charge in [0.2, 0.25) is 0 Å². The molecule has 2 aromatic rings. The number of benzene rings is 2. The molecule has 1 amide bonds. The zero-order chi connectivity index (χ0) is 18.2. The molecule has 0 radical (unpaired) electrons. The van der Waals surface area contributed by atoms with Crippen molar-refractivity contribution in [2.45, 2.75) is 31.6 Å². The number of hydrogen-bond acceptors (Lipinski definition) is 2. The van der Waals surface area contributed by atoms with Crippen molar-refractivity contribution in [3.8, 4) is 0 Å². The summed E-state index contributed by atoms with van der Waals surface area (Å²) in [6.45, 7) is 7.33. The second kappa shape index (κ2) is 7.22. The maximum Gasteiger partial charge on any atom is 0.255 e. The zero-order valence-electron chi connectivity index (χ0n) is 14.6. The lowest BCUT2D eigenvalue weighted by molar-refractivity contribution is 0.0760. The third-order valence-electron chi connectivity index (χ3n) is 4.38. The number of thioether (sulfide) groups is 1. The van der Waals surface area contributed by atoms with Gasteiger partial charge in [-0.25, -0.2) is 0 Å². The summed E-state index contributed by atoms with van der Waals surface area (Å²) >= 11 is 13.8. The summed E-state index contributed by atoms with van der Waals surface area (Å²) in [6.07, 6.45) is 0. The predicted molar refractivity (Wildman–Crippen MR) is 108 cm³/mol. The fraction of sp³-hybridized carbons (Fsp3) is 0.350. The summed E-state index contributed by atoms with van der Waals surface area (Å²) in [7, 11) is 0. The molecule has 0 saturated carbocycles. The maximum atomic E-state index is 12.9. The summed E-state index contributed by atoms with van der Waals surface area (Å²) in [6, 6.07) is 13.7. The van der Waals surface area contributed by atoms with Crippen LogP contribution < -0.4 is 0 Å². The van der Waals surface area contributed by atoms with Crippen LogP contribution in [0, 0.1) is 0 Å². The SMILES string of the molecule is CC(C)(C)c1ccc(C2SCCN2C(=O)c2ccc(Cl)c(Cl)c2)cc1. The molecular weight excluding hydrogens is 373 g/mol. The Morgan fingerprint density at radius 3 is 2.36 bits per heavy atom. The highest BCUT2D eigenvalue weighted by atomic mass is 35.5. The van der Waals surface area contributed by atoms with Crippen molar-refractivity contribution in [3.63, 3.8) is 0 Å². The van der Waals surface area contributed by atoms with Crippen LogP contribution in [0.3, 0.4) is 0 Å². The van der Waals surface area contributed by atoms with E-state index in [1.54, 1.807) is 30.0 Å². The van der Waals surface area contributed by atoms with Crippen LogP contribution in [0.25, 0.3) is 0 Å². The van der Waals surface area contributed by atoms with Gasteiger partial charge in [0.05, 0.1) is 10.0 Å². The van der Waals surface area contributed by atoms with Crippen LogP contribution in [-0.4, -0.2) is 23.1 Å². The molecule has 0 bridgehead atoms. The monoisotopic (exact) mass is 393 g/mol. The zero-order valence-corrected chi connectivity index (χ0v) is 16.9. The molecule has 1 unspecified atom stereocenters. The first-order chi connectivity index (χ1) is 11.8. The number of carbonyl (C=O) groups is 1. The van der Waals surface area contributed by atoms with Gasteiger partial charge in [-0.1, -0.05) is 68.2 Å². The van der Waals surface area contributed by atoms with Crippen LogP contribution in [0.5, 0.6) is 0 Å². The molecule has 25 heavy (non-hydrogen) atoms. The second-order valence-corrected chi connectivity index (χ2v) is 9.23. The van der Waals surface area contributed by atoms with Crippen LogP contribution in [-0.2, 0) is 5.41 Å². The van der Waals surface area contributed by atoms with Gasteiger partial charge >= 0.3 is 0 Å². The van der Waals surface area contributed by atoms with Gasteiger partial charge in [0.15, 0.2) is 0 Å². The summed E-state index contributed by atoms with van der Waals surface area (Å²) in [5.74, 6) is 0.923. The average molecular weight is 394 g/mol. The summed E-state index contributed by atoms with van der Waals surface area (Å²) in [5.41, 5.74) is 3.15. The van der Waals surface area contributed by atoms with E-state index >= 15 is 0 Å². The molecule has 0 N–H and O–H groups in total. The molecule has 0 aromatic heterocycles. The normalized spacial score (nSPS) is 17.8. The molecule has 132 valence electrons. The molecule has 0 spiro atoms. The average Bonchev–Trinajstić information content (AvgIpc) is 3.05. The van der Waals surface area contributed by atoms with Crippen LogP contribution >= 0.6 is 35.0 Å². The van der Waals surface area contributed by atoms with Gasteiger partial charge in [-0.15, -0.1) is 11.8 Å². The van der Waals surface area contributed by atoms with Gasteiger partial charge in [-0.2, -0.15) is 0 Å². The minimum atomic E-state index is -0.00605. The molecule has 2 nitrogen and oxygen atoms in total. The molecular formula is C20H21Cl2NOS. The molecule has 5 heteroatoms. The quantitative estimate of drug-likeness (QED) is 0.606. The Morgan fingerprint density at radius 2 is 1.76 bits per heavy atom. The number of rotatable bonds is 2. The first-order valence-corrected chi connectivity index (χ1v) is 10.1. The lowest BCUT2D eigenvalue weighted by atomic mass is 9.86. The minimum absolute atomic E-state index is 0.00605. The van der Waals surface area contributed by atoms with E-state index in [1.165, 1.54) is 5.56 Å². The second-order valence-electron chi connectivity index (χ2n) is 7.22. The number of amides is 1. The van der Waals surface area contributed by atoms with Crippen LogP contribution in [0.2, 0.25) is 10.0 Å². The third kappa shape index (κ3) is 3.99. The topological polar surface area (TPSA) is 20.3 Å². The van der Waals surface area contributed by atoms with Crippen molar-refractivity contribution in [1.82, 2.24) is 4.90 Å². The minimum Gasteiger partial charge on any atom is -0.322 e. The van der Waals surface area contributed by atoms with Gasteiger partial charge in [0, 0.05) is 17.9 Å². The molecule has 1 atom stereocenters. The van der Waals surface area contributed by atoms with Gasteiger partial charge in [-0.3, -0.25) is 4.79 Å². The molecule has 1 saturated heterocycles. The van der Waals surface area contributed by atoms with Crippen molar-refractivity contribution in [1.29, 1.82) is 0 Å². The molecule has 1 aliphatic rings. The molecule has 1 aliphatic heterocycles. The van der Waals surface area contributed by atoms with E-state index in [-0.39, 0.29) is 16.7 Å². The Kier molecular flexibility index (Phi) is 5.38. The van der Waals surface area contributed by atoms with Crippen LogP contribution in [0.15, 0.2) is 42.5 Å². The van der Waals surface area contributed by atoms with Crippen LogP contribution in [0.1, 0.15) is 47.6 Å². The fourth-order valence-corrected chi connectivity index (χ4v) is 4.45. The fourth-order valence-electron chi connectivity index (χ4n) is 2.90. The number of hydrogen-bond donors (Lipinski definition) is 0. The molecule has 1 heterocycles. The lowest BCUT2D eigenvalue weighted by Gasteiger charge is -2.25. The van der Waals surface area contributed by atoms with E-state index < -0.39 is 0 Å². The molecule has 2 aromatic carbocycles. The van der Waals surface area contributed by atoms with Crippen LogP contribution in [0.4, 0.5) is 0 Å². The van der Waals surface area contributed by atoms with Gasteiger partial charge < -0.3 is 4.90 Å². The highest BCUT2D eigenvalue weighted by molar-refractivity contribution is 7.99. The number of halogens is 2.